The van der Waals surface area contributed by atoms with Crippen molar-refractivity contribution in [1.82, 2.24) is 14.7 Å². The summed E-state index contributed by atoms with van der Waals surface area (Å²) in [6.45, 7) is 3.90. The molecule has 3 aromatic rings. The smallest absolute Gasteiger partial charge is 0.269 e. The Hall–Kier alpha value is -3.52. The van der Waals surface area contributed by atoms with Gasteiger partial charge in [-0.2, -0.15) is 5.10 Å². The van der Waals surface area contributed by atoms with Crippen LogP contribution in [0.1, 0.15) is 24.2 Å². The molecule has 1 amide bonds. The Morgan fingerprint density at radius 3 is 2.62 bits per heavy atom. The van der Waals surface area contributed by atoms with Crippen LogP contribution >= 0.6 is 0 Å². The lowest BCUT2D eigenvalue weighted by atomic mass is 10.1. The Bertz CT molecular complexity index is 1020. The van der Waals surface area contributed by atoms with Crippen LogP contribution < -0.4 is 5.32 Å². The fourth-order valence-corrected chi connectivity index (χ4v) is 3.05. The highest BCUT2D eigenvalue weighted by Crippen LogP contribution is 2.23. The molecule has 0 aliphatic heterocycles. The molecule has 1 atom stereocenters. The summed E-state index contributed by atoms with van der Waals surface area (Å²) >= 11 is 0. The summed E-state index contributed by atoms with van der Waals surface area (Å²) in [5.74, 6) is 0.400. The topological polar surface area (TPSA) is 93.3 Å². The highest BCUT2D eigenvalue weighted by molar-refractivity contribution is 5.91. The standard InChI is InChI=1S/C21H23N5O3/c1-15-12-20(25(23-15)18-9-5-4-6-10-18)22-21(27)14-24(3)16(2)17-8-7-11-19(13-17)26(28)29/h4-13,16H,14H2,1-3H3,(H,22,27). The minimum atomic E-state index is -0.421. The third-order valence-electron chi connectivity index (χ3n) is 4.72. The number of para-hydroxylation sites is 1. The SMILES string of the molecule is Cc1cc(NC(=O)CN(C)C(C)c2cccc([N+](=O)[O-])c2)n(-c2ccccc2)n1. The minimum absolute atomic E-state index is 0.0365. The monoisotopic (exact) mass is 393 g/mol. The second kappa shape index (κ2) is 8.66. The molecule has 1 heterocycles. The van der Waals surface area contributed by atoms with E-state index < -0.39 is 4.92 Å². The molecule has 0 fully saturated rings. The molecule has 0 bridgehead atoms. The van der Waals surface area contributed by atoms with Crippen molar-refractivity contribution in [3.05, 3.63) is 82.0 Å². The second-order valence-electron chi connectivity index (χ2n) is 6.91. The Labute approximate surface area is 168 Å². The number of anilines is 1. The third-order valence-corrected chi connectivity index (χ3v) is 4.72. The quantitative estimate of drug-likeness (QED) is 0.488. The summed E-state index contributed by atoms with van der Waals surface area (Å²) in [4.78, 5) is 25.0. The molecule has 0 saturated heterocycles. The molecule has 3 rings (SSSR count). The van der Waals surface area contributed by atoms with Gasteiger partial charge in [0.2, 0.25) is 5.91 Å². The summed E-state index contributed by atoms with van der Waals surface area (Å²) < 4.78 is 1.69. The van der Waals surface area contributed by atoms with Crippen molar-refractivity contribution in [3.8, 4) is 5.69 Å². The fourth-order valence-electron chi connectivity index (χ4n) is 3.05. The van der Waals surface area contributed by atoms with E-state index in [4.69, 9.17) is 0 Å². The predicted molar refractivity (Wildman–Crippen MR) is 111 cm³/mol. The molecule has 0 radical (unpaired) electrons. The predicted octanol–water partition coefficient (Wildman–Crippen LogP) is 3.72. The number of aryl methyl sites for hydroxylation is 1. The minimum Gasteiger partial charge on any atom is -0.309 e. The molecule has 0 aliphatic rings. The van der Waals surface area contributed by atoms with Crippen molar-refractivity contribution in [3.63, 3.8) is 0 Å². The van der Waals surface area contributed by atoms with E-state index in [0.717, 1.165) is 16.9 Å². The van der Waals surface area contributed by atoms with E-state index in [0.29, 0.717) is 5.82 Å². The molecule has 1 N–H and O–H groups in total. The van der Waals surface area contributed by atoms with Gasteiger partial charge in [0.25, 0.3) is 5.69 Å². The lowest BCUT2D eigenvalue weighted by molar-refractivity contribution is -0.384. The fraction of sp³-hybridized carbons (Fsp3) is 0.238. The van der Waals surface area contributed by atoms with E-state index in [1.807, 2.05) is 68.3 Å². The van der Waals surface area contributed by atoms with Crippen LogP contribution in [0.4, 0.5) is 11.5 Å². The van der Waals surface area contributed by atoms with Gasteiger partial charge in [-0.1, -0.05) is 30.3 Å². The number of hydrogen-bond acceptors (Lipinski definition) is 5. The van der Waals surface area contributed by atoms with Crippen LogP contribution in [0.15, 0.2) is 60.7 Å². The van der Waals surface area contributed by atoms with E-state index in [2.05, 4.69) is 10.4 Å². The van der Waals surface area contributed by atoms with E-state index in [9.17, 15) is 14.9 Å². The van der Waals surface area contributed by atoms with Gasteiger partial charge in [-0.15, -0.1) is 0 Å². The van der Waals surface area contributed by atoms with Gasteiger partial charge in [-0.3, -0.25) is 19.8 Å². The van der Waals surface area contributed by atoms with Gasteiger partial charge in [0.05, 0.1) is 22.8 Å². The van der Waals surface area contributed by atoms with E-state index in [1.54, 1.807) is 10.7 Å². The molecular formula is C21H23N5O3. The first-order valence-corrected chi connectivity index (χ1v) is 9.21. The first-order chi connectivity index (χ1) is 13.8. The number of hydrogen-bond donors (Lipinski definition) is 1. The first kappa shape index (κ1) is 20.2. The second-order valence-corrected chi connectivity index (χ2v) is 6.91. The maximum absolute atomic E-state index is 12.6. The number of aromatic nitrogens is 2. The number of amides is 1. The van der Waals surface area contributed by atoms with Crippen molar-refractivity contribution in [1.29, 1.82) is 0 Å². The Kier molecular flexibility index (Phi) is 6.04. The number of non-ortho nitro benzene ring substituents is 1. The molecule has 0 spiro atoms. The lowest BCUT2D eigenvalue weighted by Crippen LogP contribution is -2.32. The van der Waals surface area contributed by atoms with E-state index >= 15 is 0 Å². The molecule has 1 aromatic heterocycles. The number of nitro groups is 1. The van der Waals surface area contributed by atoms with Crippen molar-refractivity contribution in [2.45, 2.75) is 19.9 Å². The number of benzene rings is 2. The largest absolute Gasteiger partial charge is 0.309 e. The zero-order valence-electron chi connectivity index (χ0n) is 16.6. The van der Waals surface area contributed by atoms with Crippen molar-refractivity contribution in [2.75, 3.05) is 18.9 Å². The highest BCUT2D eigenvalue weighted by atomic mass is 16.6. The number of likely N-dealkylation sites (N-methyl/N-ethyl adjacent to an activating group) is 1. The maximum Gasteiger partial charge on any atom is 0.269 e. The van der Waals surface area contributed by atoms with Crippen LogP contribution in [0.5, 0.6) is 0 Å². The summed E-state index contributed by atoms with van der Waals surface area (Å²) in [7, 11) is 1.81. The van der Waals surface area contributed by atoms with Gasteiger partial charge in [0.15, 0.2) is 0 Å². The molecule has 8 nitrogen and oxygen atoms in total. The number of rotatable bonds is 7. The van der Waals surface area contributed by atoms with Crippen molar-refractivity contribution >= 4 is 17.4 Å². The third kappa shape index (κ3) is 4.85. The molecule has 29 heavy (non-hydrogen) atoms. The Morgan fingerprint density at radius 1 is 1.21 bits per heavy atom. The molecule has 150 valence electrons. The zero-order valence-corrected chi connectivity index (χ0v) is 16.6. The summed E-state index contributed by atoms with van der Waals surface area (Å²) in [5, 5.41) is 18.4. The average Bonchev–Trinajstić information content (AvgIpc) is 3.07. The molecule has 2 aromatic carbocycles. The molecule has 0 aliphatic carbocycles. The normalized spacial score (nSPS) is 12.0. The number of nitrogens with one attached hydrogen (secondary N) is 1. The number of nitro benzene ring substituents is 1. The number of carbonyl (C=O) groups excluding carboxylic acids is 1. The van der Waals surface area contributed by atoms with Crippen LogP contribution in [-0.4, -0.2) is 39.1 Å². The van der Waals surface area contributed by atoms with E-state index in [-0.39, 0.29) is 24.2 Å². The average molecular weight is 393 g/mol. The van der Waals surface area contributed by atoms with Crippen LogP contribution in [0, 0.1) is 17.0 Å². The van der Waals surface area contributed by atoms with Gasteiger partial charge in [-0.05, 0) is 38.6 Å². The molecule has 8 heteroatoms. The number of nitrogens with zero attached hydrogens (tertiary/aromatic N) is 4. The van der Waals surface area contributed by atoms with Gasteiger partial charge in [-0.25, -0.2) is 4.68 Å². The number of carbonyl (C=O) groups is 1. The van der Waals surface area contributed by atoms with Crippen molar-refractivity contribution < 1.29 is 9.72 Å². The van der Waals surface area contributed by atoms with Crippen LogP contribution in [0.25, 0.3) is 5.69 Å². The Balaban J connectivity index is 1.70. The zero-order chi connectivity index (χ0) is 21.0. The summed E-state index contributed by atoms with van der Waals surface area (Å²) in [6, 6.07) is 17.7. The first-order valence-electron chi connectivity index (χ1n) is 9.21. The Morgan fingerprint density at radius 2 is 1.93 bits per heavy atom. The lowest BCUT2D eigenvalue weighted by Gasteiger charge is -2.24. The van der Waals surface area contributed by atoms with Crippen molar-refractivity contribution in [2.24, 2.45) is 0 Å². The molecular weight excluding hydrogens is 370 g/mol. The van der Waals surface area contributed by atoms with E-state index in [1.165, 1.54) is 12.1 Å². The molecule has 0 saturated carbocycles. The van der Waals surface area contributed by atoms with Crippen LogP contribution in [0.2, 0.25) is 0 Å². The summed E-state index contributed by atoms with van der Waals surface area (Å²) in [5.41, 5.74) is 2.46. The van der Waals surface area contributed by atoms with Gasteiger partial charge in [0, 0.05) is 24.2 Å². The maximum atomic E-state index is 12.6. The van der Waals surface area contributed by atoms with Crippen LogP contribution in [0.3, 0.4) is 0 Å². The van der Waals surface area contributed by atoms with Gasteiger partial charge in [0.1, 0.15) is 5.82 Å². The highest BCUT2D eigenvalue weighted by Gasteiger charge is 2.18. The van der Waals surface area contributed by atoms with Crippen LogP contribution in [-0.2, 0) is 4.79 Å². The van der Waals surface area contributed by atoms with Gasteiger partial charge >= 0.3 is 0 Å². The van der Waals surface area contributed by atoms with Gasteiger partial charge < -0.3 is 5.32 Å². The summed E-state index contributed by atoms with van der Waals surface area (Å²) in [6.07, 6.45) is 0. The molecule has 1 unspecified atom stereocenters.